The summed E-state index contributed by atoms with van der Waals surface area (Å²) in [5.74, 6) is 0.195. The first kappa shape index (κ1) is 12.9. The lowest BCUT2D eigenvalue weighted by molar-refractivity contribution is -0.102. The van der Waals surface area contributed by atoms with Crippen molar-refractivity contribution in [3.05, 3.63) is 0 Å². The molecule has 0 unspecified atom stereocenters. The number of hydrogen-bond donors (Lipinski definition) is 3. The van der Waals surface area contributed by atoms with Gasteiger partial charge in [-0.15, -0.1) is 0 Å². The van der Waals surface area contributed by atoms with Crippen LogP contribution in [0, 0.1) is 28.1 Å². The molecule has 3 fully saturated rings. The third-order valence-electron chi connectivity index (χ3n) is 7.08. The van der Waals surface area contributed by atoms with Crippen LogP contribution in [0.3, 0.4) is 0 Å². The highest BCUT2D eigenvalue weighted by atomic mass is 16.3. The van der Waals surface area contributed by atoms with Gasteiger partial charge in [0, 0.05) is 12.0 Å². The Morgan fingerprint density at radius 1 is 1.00 bits per heavy atom. The van der Waals surface area contributed by atoms with E-state index in [2.05, 4.69) is 20.8 Å². The Morgan fingerprint density at radius 2 is 1.67 bits per heavy atom. The highest BCUT2D eigenvalue weighted by Crippen LogP contribution is 2.73. The minimum absolute atomic E-state index is 0.0312. The molecular formula is C15H26O3. The van der Waals surface area contributed by atoms with E-state index in [1.807, 2.05) is 0 Å². The lowest BCUT2D eigenvalue weighted by Gasteiger charge is -2.46. The Bertz CT molecular complexity index is 371. The van der Waals surface area contributed by atoms with Crippen molar-refractivity contribution >= 4 is 0 Å². The second-order valence-corrected chi connectivity index (χ2v) is 7.77. The highest BCUT2D eigenvalue weighted by molar-refractivity contribution is 5.22. The van der Waals surface area contributed by atoms with E-state index in [4.69, 9.17) is 0 Å². The molecule has 0 amide bonds. The summed E-state index contributed by atoms with van der Waals surface area (Å²) in [4.78, 5) is 0. The molecule has 0 aromatic heterocycles. The van der Waals surface area contributed by atoms with Gasteiger partial charge in [-0.2, -0.15) is 0 Å². The summed E-state index contributed by atoms with van der Waals surface area (Å²) in [6.07, 6.45) is 3.14. The van der Waals surface area contributed by atoms with Crippen molar-refractivity contribution < 1.29 is 15.3 Å². The molecule has 0 heterocycles. The molecule has 3 aliphatic carbocycles. The molecule has 3 saturated carbocycles. The van der Waals surface area contributed by atoms with Crippen molar-refractivity contribution in [1.29, 1.82) is 0 Å². The average Bonchev–Trinajstić information content (AvgIpc) is 2.53. The van der Waals surface area contributed by atoms with Gasteiger partial charge in [0.15, 0.2) is 0 Å². The predicted octanol–water partition coefficient (Wildman–Crippen LogP) is 1.55. The summed E-state index contributed by atoms with van der Waals surface area (Å²) < 4.78 is 0. The van der Waals surface area contributed by atoms with Crippen molar-refractivity contribution in [3.8, 4) is 0 Å². The van der Waals surface area contributed by atoms with Crippen molar-refractivity contribution in [3.63, 3.8) is 0 Å². The Hall–Kier alpha value is -0.120. The predicted molar refractivity (Wildman–Crippen MR) is 68.9 cm³/mol. The maximum atomic E-state index is 10.8. The van der Waals surface area contributed by atoms with Crippen molar-refractivity contribution in [2.45, 2.75) is 58.7 Å². The highest BCUT2D eigenvalue weighted by Gasteiger charge is 2.74. The van der Waals surface area contributed by atoms with Gasteiger partial charge >= 0.3 is 0 Å². The minimum Gasteiger partial charge on any atom is -0.396 e. The van der Waals surface area contributed by atoms with Crippen molar-refractivity contribution in [2.75, 3.05) is 6.61 Å². The minimum atomic E-state index is -0.381. The van der Waals surface area contributed by atoms with Gasteiger partial charge in [-0.25, -0.2) is 0 Å². The third kappa shape index (κ3) is 1.17. The van der Waals surface area contributed by atoms with Crippen LogP contribution in [0.4, 0.5) is 0 Å². The molecule has 3 N–H and O–H groups in total. The van der Waals surface area contributed by atoms with Crippen LogP contribution >= 0.6 is 0 Å². The normalized spacial score (nSPS) is 63.0. The van der Waals surface area contributed by atoms with Crippen molar-refractivity contribution in [1.82, 2.24) is 0 Å². The smallest absolute Gasteiger partial charge is 0.0638 e. The van der Waals surface area contributed by atoms with Crippen LogP contribution in [0.25, 0.3) is 0 Å². The van der Waals surface area contributed by atoms with Crippen LogP contribution in [0.2, 0.25) is 0 Å². The van der Waals surface area contributed by atoms with E-state index in [1.165, 1.54) is 0 Å². The second-order valence-electron chi connectivity index (χ2n) is 7.77. The van der Waals surface area contributed by atoms with Gasteiger partial charge in [0.1, 0.15) is 0 Å². The maximum absolute atomic E-state index is 10.8. The van der Waals surface area contributed by atoms with Gasteiger partial charge in [0.25, 0.3) is 0 Å². The molecule has 18 heavy (non-hydrogen) atoms. The third-order valence-corrected chi connectivity index (χ3v) is 7.08. The van der Waals surface area contributed by atoms with E-state index in [0.717, 1.165) is 19.3 Å². The number of aliphatic hydroxyl groups is 3. The van der Waals surface area contributed by atoms with Crippen LogP contribution in [0.1, 0.15) is 46.5 Å². The zero-order chi connectivity index (χ0) is 13.3. The summed E-state index contributed by atoms with van der Waals surface area (Å²) in [6.45, 7) is 6.59. The first-order valence-electron chi connectivity index (χ1n) is 7.27. The van der Waals surface area contributed by atoms with E-state index in [1.54, 1.807) is 0 Å². The van der Waals surface area contributed by atoms with Crippen LogP contribution in [-0.4, -0.2) is 34.1 Å². The molecule has 0 radical (unpaired) electrons. The topological polar surface area (TPSA) is 60.7 Å². The fraction of sp³-hybridized carbons (Fsp3) is 1.00. The van der Waals surface area contributed by atoms with Gasteiger partial charge in [-0.05, 0) is 41.9 Å². The monoisotopic (exact) mass is 254 g/mol. The summed E-state index contributed by atoms with van der Waals surface area (Å²) in [6, 6.07) is 0. The number of rotatable bonds is 1. The van der Waals surface area contributed by atoms with Crippen molar-refractivity contribution in [2.24, 2.45) is 28.1 Å². The zero-order valence-corrected chi connectivity index (χ0v) is 11.7. The Balaban J connectivity index is 2.14. The molecule has 3 nitrogen and oxygen atoms in total. The van der Waals surface area contributed by atoms with E-state index in [-0.39, 0.29) is 46.9 Å². The van der Waals surface area contributed by atoms with Crippen LogP contribution in [0.5, 0.6) is 0 Å². The molecule has 3 rings (SSSR count). The summed E-state index contributed by atoms with van der Waals surface area (Å²) in [5, 5.41) is 31.0. The SMILES string of the molecule is C[C@]1(CO)CCC[C@]2(C)[C@@H]3[C@H]1[C@@H](O)[C@@]2(C)C[C@H]3O. The largest absolute Gasteiger partial charge is 0.396 e. The fourth-order valence-electron chi connectivity index (χ4n) is 5.76. The standard InChI is InChI=1S/C15H26O3/c1-13(8-16)5-4-6-14(2)10-9(17)7-15(14,3)12(18)11(10)13/h9-12,16-18H,4-8H2,1-3H3/t9-,10+,11+,12-,13-,14-,15-/m1/s1. The quantitative estimate of drug-likeness (QED) is 0.665. The Morgan fingerprint density at radius 3 is 2.28 bits per heavy atom. The Kier molecular flexibility index (Phi) is 2.51. The van der Waals surface area contributed by atoms with E-state index in [9.17, 15) is 15.3 Å². The molecule has 3 heteroatoms. The molecular weight excluding hydrogens is 228 g/mol. The molecule has 0 saturated heterocycles. The first-order valence-corrected chi connectivity index (χ1v) is 7.27. The lowest BCUT2D eigenvalue weighted by Crippen LogP contribution is -2.49. The average molecular weight is 254 g/mol. The second kappa shape index (κ2) is 3.50. The zero-order valence-electron chi connectivity index (χ0n) is 11.7. The summed E-state index contributed by atoms with van der Waals surface area (Å²) >= 11 is 0. The van der Waals surface area contributed by atoms with E-state index in [0.29, 0.717) is 6.42 Å². The van der Waals surface area contributed by atoms with Crippen LogP contribution < -0.4 is 0 Å². The van der Waals surface area contributed by atoms with Gasteiger partial charge in [-0.3, -0.25) is 0 Å². The van der Waals surface area contributed by atoms with Gasteiger partial charge in [0.05, 0.1) is 12.2 Å². The molecule has 0 aliphatic heterocycles. The van der Waals surface area contributed by atoms with E-state index < -0.39 is 0 Å². The first-order chi connectivity index (χ1) is 8.30. The fourth-order valence-corrected chi connectivity index (χ4v) is 5.76. The molecule has 7 atom stereocenters. The Labute approximate surface area is 109 Å². The number of aliphatic hydroxyl groups excluding tert-OH is 3. The summed E-state index contributed by atoms with van der Waals surface area (Å²) in [7, 11) is 0. The molecule has 0 aromatic rings. The molecule has 0 aromatic carbocycles. The molecule has 0 spiro atoms. The van der Waals surface area contributed by atoms with E-state index >= 15 is 0 Å². The molecule has 4 bridgehead atoms. The van der Waals surface area contributed by atoms with Crippen LogP contribution in [-0.2, 0) is 0 Å². The number of hydrogen-bond acceptors (Lipinski definition) is 3. The molecule has 3 aliphatic rings. The van der Waals surface area contributed by atoms with Gasteiger partial charge < -0.3 is 15.3 Å². The maximum Gasteiger partial charge on any atom is 0.0638 e. The van der Waals surface area contributed by atoms with Gasteiger partial charge in [0.2, 0.25) is 0 Å². The van der Waals surface area contributed by atoms with Gasteiger partial charge in [-0.1, -0.05) is 27.2 Å². The van der Waals surface area contributed by atoms with Crippen LogP contribution in [0.15, 0.2) is 0 Å². The summed E-state index contributed by atoms with van der Waals surface area (Å²) in [5.41, 5.74) is -0.386. The molecule has 104 valence electrons. The lowest BCUT2D eigenvalue weighted by atomic mass is 9.62.